The van der Waals surface area contributed by atoms with Crippen LogP contribution in [0.25, 0.3) is 0 Å². The largest absolute Gasteiger partial charge is 0.499 e. The molecule has 1 aromatic rings. The molecule has 244 valence electrons. The zero-order valence-corrected chi connectivity index (χ0v) is 25.3. The molecule has 42 heavy (non-hydrogen) atoms. The third-order valence-electron chi connectivity index (χ3n) is 4.94. The lowest BCUT2D eigenvalue weighted by molar-refractivity contribution is -0.0259. The maximum Gasteiger partial charge on any atom is 0.297 e. The molecule has 0 aliphatic rings. The van der Waals surface area contributed by atoms with Crippen LogP contribution in [0.4, 0.5) is 0 Å². The molecular weight excluding hydrogens is 576 g/mol. The number of hydrogen-bond donors (Lipinski definition) is 0. The molecule has 0 atom stereocenters. The molecule has 0 saturated carbocycles. The highest BCUT2D eigenvalue weighted by Gasteiger charge is 2.13. The first-order valence-electron chi connectivity index (χ1n) is 14.0. The minimum absolute atomic E-state index is 0.0575. The van der Waals surface area contributed by atoms with Gasteiger partial charge >= 0.3 is 0 Å². The summed E-state index contributed by atoms with van der Waals surface area (Å²) < 4.78 is 82.3. The second-order valence-electron chi connectivity index (χ2n) is 8.14. The van der Waals surface area contributed by atoms with Gasteiger partial charge in [-0.15, -0.1) is 0 Å². The molecule has 0 fully saturated rings. The van der Waals surface area contributed by atoms with Crippen molar-refractivity contribution in [1.82, 2.24) is 0 Å². The predicted molar refractivity (Wildman–Crippen MR) is 153 cm³/mol. The number of benzene rings is 1. The van der Waals surface area contributed by atoms with Crippen LogP contribution in [-0.4, -0.2) is 141 Å². The minimum Gasteiger partial charge on any atom is -0.499 e. The average Bonchev–Trinajstić information content (AvgIpc) is 3.00. The Morgan fingerprint density at radius 2 is 0.738 bits per heavy atom. The standard InChI is InChI=1S/C28H48O13S/c1-2-31-8-9-32-10-11-33-12-13-34-14-15-35-16-17-36-18-19-37-20-21-38-22-23-39-24-25-40-26-27-41-42(29,30)28-6-4-3-5-7-28/h2-7H,1,8-27H2. The summed E-state index contributed by atoms with van der Waals surface area (Å²) in [5.41, 5.74) is 0. The highest BCUT2D eigenvalue weighted by Crippen LogP contribution is 2.10. The van der Waals surface area contributed by atoms with Crippen LogP contribution in [0, 0.1) is 0 Å². The zero-order chi connectivity index (χ0) is 30.2. The first-order valence-corrected chi connectivity index (χ1v) is 15.4. The van der Waals surface area contributed by atoms with Crippen molar-refractivity contribution in [3.8, 4) is 0 Å². The summed E-state index contributed by atoms with van der Waals surface area (Å²) in [6.45, 7) is 12.0. The van der Waals surface area contributed by atoms with Crippen molar-refractivity contribution >= 4 is 10.1 Å². The first kappa shape index (κ1) is 38.3. The molecule has 0 saturated heterocycles. The summed E-state index contributed by atoms with van der Waals surface area (Å²) in [7, 11) is -3.75. The summed E-state index contributed by atoms with van der Waals surface area (Å²) in [4.78, 5) is 0.121. The van der Waals surface area contributed by atoms with Crippen LogP contribution >= 0.6 is 0 Å². The van der Waals surface area contributed by atoms with Crippen LogP contribution in [0.3, 0.4) is 0 Å². The molecule has 0 radical (unpaired) electrons. The number of ether oxygens (including phenoxy) is 10. The Labute approximate surface area is 250 Å². The molecule has 0 aromatic heterocycles. The molecule has 1 rings (SSSR count). The Morgan fingerprint density at radius 1 is 0.452 bits per heavy atom. The molecule has 0 aliphatic carbocycles. The Hall–Kier alpha value is -1.69. The zero-order valence-electron chi connectivity index (χ0n) is 24.5. The normalized spacial score (nSPS) is 11.6. The van der Waals surface area contributed by atoms with Crippen LogP contribution in [-0.2, 0) is 61.7 Å². The molecule has 0 amide bonds. The molecule has 0 aliphatic heterocycles. The SMILES string of the molecule is C=COCCOCCOCCOCCOCCOCCOCCOCCOCCOCCOS(=O)(=O)c1ccccc1. The lowest BCUT2D eigenvalue weighted by Crippen LogP contribution is -2.15. The highest BCUT2D eigenvalue weighted by molar-refractivity contribution is 7.86. The van der Waals surface area contributed by atoms with Crippen LogP contribution < -0.4 is 0 Å². The predicted octanol–water partition coefficient (Wildman–Crippen LogP) is 1.70. The van der Waals surface area contributed by atoms with Crippen molar-refractivity contribution in [2.45, 2.75) is 4.90 Å². The lowest BCUT2D eigenvalue weighted by Gasteiger charge is -2.09. The van der Waals surface area contributed by atoms with E-state index >= 15 is 0 Å². The van der Waals surface area contributed by atoms with E-state index in [4.69, 9.17) is 51.6 Å². The smallest absolute Gasteiger partial charge is 0.297 e. The Balaban J connectivity index is 1.68. The second-order valence-corrected chi connectivity index (χ2v) is 9.75. The molecule has 13 nitrogen and oxygen atoms in total. The lowest BCUT2D eigenvalue weighted by atomic mass is 10.4. The van der Waals surface area contributed by atoms with E-state index in [1.807, 2.05) is 0 Å². The van der Waals surface area contributed by atoms with Crippen LogP contribution in [0.15, 0.2) is 48.1 Å². The van der Waals surface area contributed by atoms with Crippen molar-refractivity contribution in [3.05, 3.63) is 43.2 Å². The average molecular weight is 625 g/mol. The van der Waals surface area contributed by atoms with E-state index in [0.717, 1.165) is 0 Å². The van der Waals surface area contributed by atoms with E-state index in [-0.39, 0.29) is 18.1 Å². The minimum atomic E-state index is -3.75. The van der Waals surface area contributed by atoms with E-state index < -0.39 is 10.1 Å². The van der Waals surface area contributed by atoms with Gasteiger partial charge in [-0.1, -0.05) is 24.8 Å². The van der Waals surface area contributed by atoms with Crippen molar-refractivity contribution in [3.63, 3.8) is 0 Å². The van der Waals surface area contributed by atoms with Gasteiger partial charge < -0.3 is 47.4 Å². The van der Waals surface area contributed by atoms with Gasteiger partial charge in [-0.3, -0.25) is 4.18 Å². The van der Waals surface area contributed by atoms with E-state index in [1.54, 1.807) is 18.2 Å². The van der Waals surface area contributed by atoms with Crippen LogP contribution in [0.1, 0.15) is 0 Å². The van der Waals surface area contributed by atoms with Gasteiger partial charge in [-0.2, -0.15) is 8.42 Å². The number of rotatable bonds is 33. The van der Waals surface area contributed by atoms with Gasteiger partial charge in [0, 0.05) is 0 Å². The number of hydrogen-bond acceptors (Lipinski definition) is 13. The summed E-state index contributed by atoms with van der Waals surface area (Å²) in [6.07, 6.45) is 1.39. The molecule has 0 spiro atoms. The Morgan fingerprint density at radius 3 is 1.05 bits per heavy atom. The van der Waals surface area contributed by atoms with E-state index in [9.17, 15) is 8.42 Å². The maximum atomic E-state index is 11.9. The molecule has 1 aromatic carbocycles. The van der Waals surface area contributed by atoms with Crippen molar-refractivity contribution in [2.24, 2.45) is 0 Å². The fraction of sp³-hybridized carbons (Fsp3) is 0.714. The fourth-order valence-corrected chi connectivity index (χ4v) is 3.82. The Kier molecular flexibility index (Phi) is 26.8. The van der Waals surface area contributed by atoms with Gasteiger partial charge in [0.15, 0.2) is 0 Å². The van der Waals surface area contributed by atoms with Crippen LogP contribution in [0.5, 0.6) is 0 Å². The Bertz CT molecular complexity index is 811. The third kappa shape index (κ3) is 24.9. The topological polar surface area (TPSA) is 136 Å². The maximum absolute atomic E-state index is 11.9. The van der Waals surface area contributed by atoms with Crippen molar-refractivity contribution in [1.29, 1.82) is 0 Å². The second kappa shape index (κ2) is 29.4. The van der Waals surface area contributed by atoms with Gasteiger partial charge in [0.25, 0.3) is 10.1 Å². The molecule has 0 bridgehead atoms. The third-order valence-corrected chi connectivity index (χ3v) is 6.26. The summed E-state index contributed by atoms with van der Waals surface area (Å²) in [6, 6.07) is 7.97. The van der Waals surface area contributed by atoms with Crippen LogP contribution in [0.2, 0.25) is 0 Å². The van der Waals surface area contributed by atoms with E-state index in [0.29, 0.717) is 119 Å². The van der Waals surface area contributed by atoms with Gasteiger partial charge in [-0.25, -0.2) is 0 Å². The molecule has 0 N–H and O–H groups in total. The van der Waals surface area contributed by atoms with Gasteiger partial charge in [-0.05, 0) is 12.1 Å². The first-order chi connectivity index (χ1) is 20.7. The molecular formula is C28H48O13S. The van der Waals surface area contributed by atoms with E-state index in [2.05, 4.69) is 6.58 Å². The summed E-state index contributed by atoms with van der Waals surface area (Å²) in [5.74, 6) is 0. The quantitative estimate of drug-likeness (QED) is 0.0638. The molecule has 14 heteroatoms. The summed E-state index contributed by atoms with van der Waals surface area (Å²) >= 11 is 0. The highest BCUT2D eigenvalue weighted by atomic mass is 32.2. The van der Waals surface area contributed by atoms with Gasteiger partial charge in [0.1, 0.15) is 6.61 Å². The van der Waals surface area contributed by atoms with E-state index in [1.165, 1.54) is 18.4 Å². The molecule has 0 unspecified atom stereocenters. The van der Waals surface area contributed by atoms with Crippen molar-refractivity contribution < 1.29 is 60.0 Å². The summed E-state index contributed by atoms with van der Waals surface area (Å²) in [5, 5.41) is 0. The van der Waals surface area contributed by atoms with Gasteiger partial charge in [0.2, 0.25) is 0 Å². The van der Waals surface area contributed by atoms with Crippen molar-refractivity contribution in [2.75, 3.05) is 132 Å². The monoisotopic (exact) mass is 624 g/mol. The van der Waals surface area contributed by atoms with Gasteiger partial charge in [0.05, 0.1) is 137 Å². The molecule has 0 heterocycles. The fourth-order valence-electron chi connectivity index (χ4n) is 2.91.